The van der Waals surface area contributed by atoms with Gasteiger partial charge in [0.25, 0.3) is 0 Å². The van der Waals surface area contributed by atoms with Gasteiger partial charge in [-0.2, -0.15) is 0 Å². The van der Waals surface area contributed by atoms with Crippen molar-refractivity contribution in [2.45, 2.75) is 79.3 Å². The Labute approximate surface area is 318 Å². The minimum atomic E-state index is -2.98. The van der Waals surface area contributed by atoms with Crippen LogP contribution in [0.4, 0.5) is 0 Å². The Morgan fingerprint density at radius 3 is 2.12 bits per heavy atom. The zero-order chi connectivity index (χ0) is 45.7. The zero-order valence-corrected chi connectivity index (χ0v) is 31.3. The standard InChI is InChI=1S/C45H49N4OSi/c1-27-17-19-35-34-20-18-32(31-15-13-12-14-16-31)23-38(34)50-42(35)41(27)37-24-36(30(4)25-49(37)8)40-28(2)21-33(22-29(40)3)43-46-39(26-51(9,10)11)47-44(48-43)45(5,6)7/h12-25H,26H2,1-11H3/q+1/i2D3,3D3,4D3,26D2. The first-order valence-corrected chi connectivity index (χ1v) is 20.5. The zero-order valence-electron chi connectivity index (χ0n) is 41.3. The Kier molecular flexibility index (Phi) is 5.85. The van der Waals surface area contributed by atoms with E-state index in [0.717, 1.165) is 27.5 Å². The molecule has 0 saturated heterocycles. The second kappa shape index (κ2) is 12.7. The lowest BCUT2D eigenvalue weighted by Gasteiger charge is -2.21. The fraction of sp³-hybridized carbons (Fsp3) is 0.289. The SMILES string of the molecule is [2H]C([2H])([2H])c1c[n+](C)c(-c2c(C)ccc3c2oc2cc(-c4ccccc4)ccc23)cc1-c1c(C([2H])([2H])[2H])cc(-c2nc(C(C)(C)C)nc(C([2H])([2H])[Si](C)(C)C)n2)cc1C([2H])([2H])[2H]. The number of hydrogen-bond acceptors (Lipinski definition) is 4. The maximum atomic E-state index is 9.07. The number of hydrogen-bond donors (Lipinski definition) is 0. The van der Waals surface area contributed by atoms with Gasteiger partial charge in [-0.3, -0.25) is 0 Å². The van der Waals surface area contributed by atoms with Crippen LogP contribution in [-0.2, 0) is 18.5 Å². The first kappa shape index (κ1) is 23.5. The van der Waals surface area contributed by atoms with Crippen LogP contribution in [-0.4, -0.2) is 23.0 Å². The van der Waals surface area contributed by atoms with Gasteiger partial charge in [-0.25, -0.2) is 19.5 Å². The number of pyridine rings is 1. The molecule has 7 rings (SSSR count). The Morgan fingerprint density at radius 2 is 1.45 bits per heavy atom. The molecular weight excluding hydrogens is 641 g/mol. The number of rotatable bonds is 6. The van der Waals surface area contributed by atoms with Crippen molar-refractivity contribution < 1.29 is 24.1 Å². The molecule has 6 heteroatoms. The highest BCUT2D eigenvalue weighted by atomic mass is 28.3. The van der Waals surface area contributed by atoms with Crippen LogP contribution in [0, 0.1) is 27.5 Å². The molecular formula is C45H49N4OSi+. The predicted octanol–water partition coefficient (Wildman–Crippen LogP) is 11.2. The summed E-state index contributed by atoms with van der Waals surface area (Å²) >= 11 is 0. The van der Waals surface area contributed by atoms with Gasteiger partial charge in [0.05, 0.1) is 13.6 Å². The summed E-state index contributed by atoms with van der Waals surface area (Å²) in [6.07, 6.45) is 1.40. The summed E-state index contributed by atoms with van der Waals surface area (Å²) in [7, 11) is -0.952. The lowest BCUT2D eigenvalue weighted by molar-refractivity contribution is -0.660. The van der Waals surface area contributed by atoms with Gasteiger partial charge in [0.15, 0.2) is 12.0 Å². The van der Waals surface area contributed by atoms with E-state index in [0.29, 0.717) is 22.4 Å². The van der Waals surface area contributed by atoms with E-state index in [1.807, 2.05) is 108 Å². The summed E-state index contributed by atoms with van der Waals surface area (Å²) in [6.45, 7) is 4.21. The molecule has 0 bridgehead atoms. The van der Waals surface area contributed by atoms with Crippen molar-refractivity contribution in [2.75, 3.05) is 0 Å². The molecule has 0 aliphatic carbocycles. The van der Waals surface area contributed by atoms with E-state index in [2.05, 4.69) is 15.0 Å². The Hall–Kier alpha value is -4.94. The largest absolute Gasteiger partial charge is 0.455 e. The lowest BCUT2D eigenvalue weighted by Crippen LogP contribution is -2.31. The van der Waals surface area contributed by atoms with E-state index in [-0.39, 0.29) is 39.7 Å². The number of furan rings is 1. The average Bonchev–Trinajstić information content (AvgIpc) is 3.53. The van der Waals surface area contributed by atoms with Crippen LogP contribution in [0.15, 0.2) is 89.5 Å². The molecule has 0 aliphatic rings. The molecule has 0 saturated carbocycles. The molecule has 0 fully saturated rings. The van der Waals surface area contributed by atoms with Crippen molar-refractivity contribution in [3.05, 3.63) is 119 Å². The van der Waals surface area contributed by atoms with Crippen LogP contribution in [0.1, 0.15) is 69.8 Å². The molecule has 0 radical (unpaired) electrons. The summed E-state index contributed by atoms with van der Waals surface area (Å²) < 4.78 is 105. The molecule has 0 aliphatic heterocycles. The van der Waals surface area contributed by atoms with Crippen LogP contribution in [0.2, 0.25) is 19.6 Å². The van der Waals surface area contributed by atoms with Crippen LogP contribution in [0.3, 0.4) is 0 Å². The van der Waals surface area contributed by atoms with E-state index in [9.17, 15) is 0 Å². The molecule has 258 valence electrons. The highest BCUT2D eigenvalue weighted by molar-refractivity contribution is 6.75. The van der Waals surface area contributed by atoms with Crippen molar-refractivity contribution in [3.63, 3.8) is 0 Å². The summed E-state index contributed by atoms with van der Waals surface area (Å²) in [4.78, 5) is 13.8. The molecule has 7 aromatic rings. The number of aromatic nitrogens is 4. The number of fused-ring (bicyclic) bond motifs is 3. The van der Waals surface area contributed by atoms with E-state index >= 15 is 0 Å². The maximum absolute atomic E-state index is 9.07. The normalized spacial score (nSPS) is 16.5. The second-order valence-corrected chi connectivity index (χ2v) is 20.0. The molecule has 0 unspecified atom stereocenters. The van der Waals surface area contributed by atoms with Crippen molar-refractivity contribution >= 4 is 30.0 Å². The van der Waals surface area contributed by atoms with Gasteiger partial charge >= 0.3 is 0 Å². The van der Waals surface area contributed by atoms with Gasteiger partial charge in [0, 0.05) is 54.5 Å². The van der Waals surface area contributed by atoms with Gasteiger partial charge in [-0.05, 0) is 90.7 Å². The van der Waals surface area contributed by atoms with Gasteiger partial charge in [-0.1, -0.05) is 88.9 Å². The van der Waals surface area contributed by atoms with Crippen LogP contribution in [0.5, 0.6) is 0 Å². The van der Waals surface area contributed by atoms with Crippen molar-refractivity contribution in [1.82, 2.24) is 15.0 Å². The highest BCUT2D eigenvalue weighted by Gasteiger charge is 2.26. The van der Waals surface area contributed by atoms with E-state index in [1.165, 1.54) is 18.3 Å². The predicted molar refractivity (Wildman–Crippen MR) is 215 cm³/mol. The first-order chi connectivity index (χ1) is 28.5. The van der Waals surface area contributed by atoms with E-state index in [1.54, 1.807) is 17.7 Å². The third-order valence-electron chi connectivity index (χ3n) is 8.95. The highest BCUT2D eigenvalue weighted by Crippen LogP contribution is 2.41. The van der Waals surface area contributed by atoms with Crippen LogP contribution in [0.25, 0.3) is 66.8 Å². The monoisotopic (exact) mass is 700 g/mol. The minimum Gasteiger partial charge on any atom is -0.455 e. The molecule has 51 heavy (non-hydrogen) atoms. The molecule has 4 aromatic carbocycles. The molecule has 3 aromatic heterocycles. The molecule has 0 spiro atoms. The molecule has 0 N–H and O–H groups in total. The van der Waals surface area contributed by atoms with Crippen LogP contribution < -0.4 is 4.57 Å². The summed E-state index contributed by atoms with van der Waals surface area (Å²) in [5.74, 6) is -1.92. The maximum Gasteiger partial charge on any atom is 0.216 e. The van der Waals surface area contributed by atoms with E-state index < -0.39 is 51.2 Å². The summed E-state index contributed by atoms with van der Waals surface area (Å²) in [5, 5.41) is 1.67. The molecule has 0 atom stereocenters. The number of nitrogens with zero attached hydrogens (tertiary/aromatic N) is 4. The van der Waals surface area contributed by atoms with Gasteiger partial charge in [-0.15, -0.1) is 0 Å². The number of benzene rings is 4. The second-order valence-electron chi connectivity index (χ2n) is 15.3. The Morgan fingerprint density at radius 1 is 0.745 bits per heavy atom. The van der Waals surface area contributed by atoms with E-state index in [4.69, 9.17) is 19.5 Å². The van der Waals surface area contributed by atoms with Crippen LogP contribution >= 0.6 is 0 Å². The van der Waals surface area contributed by atoms with Crippen molar-refractivity contribution in [3.8, 4) is 44.9 Å². The topological polar surface area (TPSA) is 55.7 Å². The third-order valence-corrected chi connectivity index (χ3v) is 9.92. The van der Waals surface area contributed by atoms with Gasteiger partial charge < -0.3 is 4.42 Å². The van der Waals surface area contributed by atoms with Crippen molar-refractivity contribution in [2.24, 2.45) is 7.05 Å². The summed E-state index contributed by atoms with van der Waals surface area (Å²) in [6, 6.07) is 23.9. The Bertz CT molecular complexity index is 2850. The van der Waals surface area contributed by atoms with Crippen molar-refractivity contribution in [1.29, 1.82) is 0 Å². The quantitative estimate of drug-likeness (QED) is 0.128. The fourth-order valence-electron chi connectivity index (χ4n) is 6.46. The third kappa shape index (κ3) is 6.65. The van der Waals surface area contributed by atoms with Gasteiger partial charge in [0.2, 0.25) is 5.69 Å². The molecule has 3 heterocycles. The lowest BCUT2D eigenvalue weighted by atomic mass is 9.89. The molecule has 0 amide bonds. The fourth-order valence-corrected chi connectivity index (χ4v) is 7.25. The average molecular weight is 701 g/mol. The minimum absolute atomic E-state index is 0.0152. The number of aryl methyl sites for hydroxylation is 5. The summed E-state index contributed by atoms with van der Waals surface area (Å²) in [5.41, 5.74) is 2.84. The molecule has 5 nitrogen and oxygen atoms in total. The Balaban J connectivity index is 1.55. The first-order valence-electron chi connectivity index (χ1n) is 22.5. The smallest absolute Gasteiger partial charge is 0.216 e. The van der Waals surface area contributed by atoms with Gasteiger partial charge in [0.1, 0.15) is 29.9 Å².